The molecule has 0 fully saturated rings. The lowest BCUT2D eigenvalue weighted by Crippen LogP contribution is -2.36. The van der Waals surface area contributed by atoms with Gasteiger partial charge < -0.3 is 14.4 Å². The summed E-state index contributed by atoms with van der Waals surface area (Å²) in [6.45, 7) is 1.01. The molecule has 4 rings (SSSR count). The molecule has 0 atom stereocenters. The first-order valence-corrected chi connectivity index (χ1v) is 7.59. The zero-order chi connectivity index (χ0) is 14.9. The van der Waals surface area contributed by atoms with E-state index < -0.39 is 0 Å². The monoisotopic (exact) mass is 295 g/mol. The quantitative estimate of drug-likeness (QED) is 0.855. The lowest BCUT2D eigenvalue weighted by atomic mass is 10.0. The van der Waals surface area contributed by atoms with Crippen LogP contribution in [0.25, 0.3) is 0 Å². The van der Waals surface area contributed by atoms with Gasteiger partial charge in [-0.2, -0.15) is 0 Å². The van der Waals surface area contributed by atoms with Gasteiger partial charge in [-0.25, -0.2) is 0 Å². The Bertz CT molecular complexity index is 726. The zero-order valence-electron chi connectivity index (χ0n) is 12.2. The maximum absolute atomic E-state index is 12.8. The predicted molar refractivity (Wildman–Crippen MR) is 83.4 cm³/mol. The van der Waals surface area contributed by atoms with Gasteiger partial charge in [0.1, 0.15) is 0 Å². The number of para-hydroxylation sites is 2. The van der Waals surface area contributed by atoms with Gasteiger partial charge in [0, 0.05) is 17.8 Å². The maximum Gasteiger partial charge on any atom is 0.231 e. The molecule has 4 nitrogen and oxygen atoms in total. The lowest BCUT2D eigenvalue weighted by molar-refractivity contribution is -0.118. The average molecular weight is 295 g/mol. The minimum atomic E-state index is 0.107. The van der Waals surface area contributed by atoms with Gasteiger partial charge >= 0.3 is 0 Å². The number of carbonyl (C=O) groups excluding carboxylic acids is 1. The number of benzene rings is 2. The molecule has 2 aromatic rings. The third-order valence-electron chi connectivity index (χ3n) is 4.23. The van der Waals surface area contributed by atoms with E-state index in [1.54, 1.807) is 0 Å². The van der Waals surface area contributed by atoms with Crippen LogP contribution in [-0.4, -0.2) is 19.2 Å². The van der Waals surface area contributed by atoms with Gasteiger partial charge in [-0.1, -0.05) is 30.3 Å². The number of hydrogen-bond donors (Lipinski definition) is 0. The van der Waals surface area contributed by atoms with Crippen molar-refractivity contribution >= 4 is 11.6 Å². The topological polar surface area (TPSA) is 38.8 Å². The van der Waals surface area contributed by atoms with Crippen LogP contribution >= 0.6 is 0 Å². The third-order valence-corrected chi connectivity index (χ3v) is 4.23. The number of hydrogen-bond acceptors (Lipinski definition) is 3. The molecule has 0 unspecified atom stereocenters. The molecular weight excluding hydrogens is 278 g/mol. The Hall–Kier alpha value is -2.49. The zero-order valence-corrected chi connectivity index (χ0v) is 12.2. The van der Waals surface area contributed by atoms with Crippen LogP contribution < -0.4 is 14.4 Å². The van der Waals surface area contributed by atoms with E-state index in [-0.39, 0.29) is 12.7 Å². The summed E-state index contributed by atoms with van der Waals surface area (Å²) >= 11 is 0. The summed E-state index contributed by atoms with van der Waals surface area (Å²) in [5, 5.41) is 0. The normalized spacial score (nSPS) is 15.5. The molecule has 0 saturated carbocycles. The number of nitrogens with zero attached hydrogens (tertiary/aromatic N) is 1. The van der Waals surface area contributed by atoms with Crippen LogP contribution in [0.2, 0.25) is 0 Å². The Morgan fingerprint density at radius 2 is 2.00 bits per heavy atom. The Morgan fingerprint density at radius 3 is 2.95 bits per heavy atom. The van der Waals surface area contributed by atoms with Gasteiger partial charge in [0.15, 0.2) is 11.5 Å². The smallest absolute Gasteiger partial charge is 0.231 e. The number of rotatable bonds is 2. The molecule has 2 aliphatic rings. The molecule has 0 saturated heterocycles. The number of ether oxygens (including phenoxy) is 2. The number of aryl methyl sites for hydroxylation is 1. The van der Waals surface area contributed by atoms with Crippen LogP contribution in [0.1, 0.15) is 17.5 Å². The van der Waals surface area contributed by atoms with Crippen molar-refractivity contribution in [3.63, 3.8) is 0 Å². The van der Waals surface area contributed by atoms with Gasteiger partial charge in [-0.15, -0.1) is 0 Å². The van der Waals surface area contributed by atoms with Crippen molar-refractivity contribution < 1.29 is 14.3 Å². The van der Waals surface area contributed by atoms with E-state index in [1.165, 1.54) is 5.56 Å². The van der Waals surface area contributed by atoms with Crippen LogP contribution in [0.3, 0.4) is 0 Å². The summed E-state index contributed by atoms with van der Waals surface area (Å²) in [7, 11) is 0. The van der Waals surface area contributed by atoms with E-state index >= 15 is 0 Å². The molecule has 112 valence electrons. The van der Waals surface area contributed by atoms with Crippen LogP contribution in [0, 0.1) is 0 Å². The Morgan fingerprint density at radius 1 is 1.09 bits per heavy atom. The summed E-state index contributed by atoms with van der Waals surface area (Å²) in [4.78, 5) is 14.7. The molecule has 0 N–H and O–H groups in total. The summed E-state index contributed by atoms with van der Waals surface area (Å²) in [5.41, 5.74) is 3.19. The molecule has 0 radical (unpaired) electrons. The molecule has 0 aromatic heterocycles. The third kappa shape index (κ3) is 2.21. The summed E-state index contributed by atoms with van der Waals surface area (Å²) in [5.74, 6) is 1.54. The highest BCUT2D eigenvalue weighted by atomic mass is 16.7. The minimum Gasteiger partial charge on any atom is -0.454 e. The van der Waals surface area contributed by atoms with Gasteiger partial charge in [0.2, 0.25) is 12.7 Å². The fourth-order valence-corrected chi connectivity index (χ4v) is 3.18. The van der Waals surface area contributed by atoms with Crippen molar-refractivity contribution in [1.29, 1.82) is 0 Å². The molecule has 0 spiro atoms. The molecule has 2 aromatic carbocycles. The van der Waals surface area contributed by atoms with E-state index in [1.807, 2.05) is 41.3 Å². The highest BCUT2D eigenvalue weighted by Crippen LogP contribution is 2.36. The summed E-state index contributed by atoms with van der Waals surface area (Å²) < 4.78 is 10.9. The van der Waals surface area contributed by atoms with Crippen molar-refractivity contribution in [2.45, 2.75) is 19.3 Å². The average Bonchev–Trinajstić information content (AvgIpc) is 3.04. The fourth-order valence-electron chi connectivity index (χ4n) is 3.18. The fraction of sp³-hybridized carbons (Fsp3) is 0.278. The Kier molecular flexibility index (Phi) is 3.22. The lowest BCUT2D eigenvalue weighted by Gasteiger charge is -2.29. The van der Waals surface area contributed by atoms with Crippen LogP contribution in [0.15, 0.2) is 42.5 Å². The van der Waals surface area contributed by atoms with Crippen molar-refractivity contribution in [2.75, 3.05) is 18.2 Å². The van der Waals surface area contributed by atoms with Gasteiger partial charge in [0.05, 0.1) is 6.42 Å². The van der Waals surface area contributed by atoms with Crippen molar-refractivity contribution in [3.05, 3.63) is 53.6 Å². The van der Waals surface area contributed by atoms with Crippen molar-refractivity contribution in [1.82, 2.24) is 0 Å². The first kappa shape index (κ1) is 13.2. The molecule has 22 heavy (non-hydrogen) atoms. The number of carbonyl (C=O) groups is 1. The Labute approximate surface area is 129 Å². The van der Waals surface area contributed by atoms with E-state index in [2.05, 4.69) is 6.07 Å². The molecular formula is C18H17NO3. The highest BCUT2D eigenvalue weighted by Gasteiger charge is 2.25. The predicted octanol–water partition coefficient (Wildman–Crippen LogP) is 2.94. The van der Waals surface area contributed by atoms with Gasteiger partial charge in [-0.3, -0.25) is 4.79 Å². The van der Waals surface area contributed by atoms with Gasteiger partial charge in [0.25, 0.3) is 0 Å². The second-order valence-electron chi connectivity index (χ2n) is 5.61. The van der Waals surface area contributed by atoms with Crippen molar-refractivity contribution in [2.24, 2.45) is 0 Å². The largest absolute Gasteiger partial charge is 0.454 e. The second-order valence-corrected chi connectivity index (χ2v) is 5.61. The SMILES string of the molecule is O=C(Cc1cccc2c1OCO2)N1CCCc2ccccc21. The van der Waals surface area contributed by atoms with Crippen molar-refractivity contribution in [3.8, 4) is 11.5 Å². The number of amides is 1. The van der Waals surface area contributed by atoms with Crippen LogP contribution in [-0.2, 0) is 17.6 Å². The van der Waals surface area contributed by atoms with E-state index in [0.717, 1.165) is 36.4 Å². The molecule has 0 bridgehead atoms. The summed E-state index contributed by atoms with van der Waals surface area (Å²) in [6, 6.07) is 13.9. The standard InChI is InChI=1S/C18H17NO3/c20-17(11-14-6-3-9-16-18(14)22-12-21-16)19-10-4-7-13-5-1-2-8-15(13)19/h1-3,5-6,8-9H,4,7,10-12H2. The molecule has 1 amide bonds. The van der Waals surface area contributed by atoms with E-state index in [0.29, 0.717) is 12.2 Å². The Balaban J connectivity index is 1.60. The van der Waals surface area contributed by atoms with E-state index in [9.17, 15) is 4.79 Å². The number of fused-ring (bicyclic) bond motifs is 2. The molecule has 2 heterocycles. The van der Waals surface area contributed by atoms with Crippen LogP contribution in [0.5, 0.6) is 11.5 Å². The number of anilines is 1. The minimum absolute atomic E-state index is 0.107. The first-order valence-electron chi connectivity index (χ1n) is 7.59. The molecule has 2 aliphatic heterocycles. The van der Waals surface area contributed by atoms with E-state index in [4.69, 9.17) is 9.47 Å². The molecule has 4 heteroatoms. The molecule has 0 aliphatic carbocycles. The second kappa shape index (κ2) is 5.37. The maximum atomic E-state index is 12.8. The highest BCUT2D eigenvalue weighted by molar-refractivity contribution is 5.96. The van der Waals surface area contributed by atoms with Gasteiger partial charge in [-0.05, 0) is 30.5 Å². The first-order chi connectivity index (χ1) is 10.8. The summed E-state index contributed by atoms with van der Waals surface area (Å²) in [6.07, 6.45) is 2.38. The van der Waals surface area contributed by atoms with Crippen LogP contribution in [0.4, 0.5) is 5.69 Å².